The number of likely N-dealkylation sites (N-methyl/N-ethyl adjacent to an activating group) is 2. The smallest absolute Gasteiger partial charge is 0.107 e. The van der Waals surface area contributed by atoms with Crippen LogP contribution >= 0.6 is 0 Å². The van der Waals surface area contributed by atoms with E-state index in [0.717, 1.165) is 11.5 Å². The number of hydrogen-bond acceptors (Lipinski definition) is 4. The van der Waals surface area contributed by atoms with E-state index in [4.69, 9.17) is 4.42 Å². The molecule has 0 aromatic carbocycles. The van der Waals surface area contributed by atoms with Gasteiger partial charge in [0, 0.05) is 31.1 Å². The molecule has 1 aromatic heterocycles. The lowest BCUT2D eigenvalue weighted by Crippen LogP contribution is -2.63. The van der Waals surface area contributed by atoms with E-state index in [1.54, 1.807) is 0 Å². The number of likely N-dealkylation sites (tertiary alicyclic amines) is 1. The van der Waals surface area contributed by atoms with E-state index in [0.29, 0.717) is 11.5 Å². The third kappa shape index (κ3) is 3.81. The van der Waals surface area contributed by atoms with Gasteiger partial charge >= 0.3 is 0 Å². The fourth-order valence-electron chi connectivity index (χ4n) is 4.23. The average Bonchev–Trinajstić information content (AvgIpc) is 2.97. The molecule has 1 unspecified atom stereocenters. The van der Waals surface area contributed by atoms with Gasteiger partial charge in [0.1, 0.15) is 11.5 Å². The van der Waals surface area contributed by atoms with E-state index in [1.807, 2.05) is 6.92 Å². The standard InChI is InChI=1S/C19H33N3O/c1-16(18-6-5-17(2)23-18)7-10-22-11-8-19(9-12-22)15-20(3)13-14-21(19)4/h5-6,16H,7-15H2,1-4H3. The minimum atomic E-state index is 0.424. The van der Waals surface area contributed by atoms with Crippen LogP contribution in [0.25, 0.3) is 0 Å². The Labute approximate surface area is 141 Å². The molecular weight excluding hydrogens is 286 g/mol. The summed E-state index contributed by atoms with van der Waals surface area (Å²) in [6, 6.07) is 4.21. The maximum atomic E-state index is 5.77. The molecule has 3 heterocycles. The monoisotopic (exact) mass is 319 g/mol. The summed E-state index contributed by atoms with van der Waals surface area (Å²) < 4.78 is 5.77. The Morgan fingerprint density at radius 2 is 1.87 bits per heavy atom. The van der Waals surface area contributed by atoms with Crippen molar-refractivity contribution in [2.75, 3.05) is 53.4 Å². The predicted molar refractivity (Wildman–Crippen MR) is 95.0 cm³/mol. The van der Waals surface area contributed by atoms with Crippen molar-refractivity contribution in [2.24, 2.45) is 0 Å². The zero-order valence-corrected chi connectivity index (χ0v) is 15.3. The van der Waals surface area contributed by atoms with Gasteiger partial charge in [-0.25, -0.2) is 0 Å². The first-order valence-electron chi connectivity index (χ1n) is 9.17. The highest BCUT2D eigenvalue weighted by Crippen LogP contribution is 2.31. The molecule has 4 nitrogen and oxygen atoms in total. The van der Waals surface area contributed by atoms with Crippen LogP contribution < -0.4 is 0 Å². The van der Waals surface area contributed by atoms with Crippen LogP contribution in [0.3, 0.4) is 0 Å². The van der Waals surface area contributed by atoms with Crippen molar-refractivity contribution in [3.05, 3.63) is 23.7 Å². The van der Waals surface area contributed by atoms with Crippen LogP contribution in [0.2, 0.25) is 0 Å². The van der Waals surface area contributed by atoms with Crippen LogP contribution in [-0.4, -0.2) is 73.6 Å². The first-order valence-corrected chi connectivity index (χ1v) is 9.17. The van der Waals surface area contributed by atoms with E-state index >= 15 is 0 Å². The molecule has 0 radical (unpaired) electrons. The molecule has 0 aliphatic carbocycles. The molecule has 0 bridgehead atoms. The second kappa shape index (κ2) is 6.96. The zero-order valence-electron chi connectivity index (χ0n) is 15.3. The molecular formula is C19H33N3O. The maximum Gasteiger partial charge on any atom is 0.107 e. The van der Waals surface area contributed by atoms with E-state index < -0.39 is 0 Å². The Balaban J connectivity index is 1.47. The van der Waals surface area contributed by atoms with Crippen molar-refractivity contribution < 1.29 is 4.42 Å². The van der Waals surface area contributed by atoms with Gasteiger partial charge in [-0.1, -0.05) is 6.92 Å². The van der Waals surface area contributed by atoms with Crippen LogP contribution in [0.1, 0.15) is 43.6 Å². The fourth-order valence-corrected chi connectivity index (χ4v) is 4.23. The highest BCUT2D eigenvalue weighted by atomic mass is 16.3. The van der Waals surface area contributed by atoms with Crippen molar-refractivity contribution in [1.29, 1.82) is 0 Å². The molecule has 1 atom stereocenters. The molecule has 0 amide bonds. The Morgan fingerprint density at radius 1 is 1.13 bits per heavy atom. The van der Waals surface area contributed by atoms with E-state index in [2.05, 4.69) is 47.9 Å². The van der Waals surface area contributed by atoms with Gasteiger partial charge in [-0.3, -0.25) is 4.90 Å². The number of nitrogens with zero attached hydrogens (tertiary/aromatic N) is 3. The van der Waals surface area contributed by atoms with Gasteiger partial charge in [-0.15, -0.1) is 0 Å². The maximum absolute atomic E-state index is 5.77. The molecule has 2 aliphatic rings. The lowest BCUT2D eigenvalue weighted by molar-refractivity contribution is -0.0194. The van der Waals surface area contributed by atoms with Gasteiger partial charge in [0.15, 0.2) is 0 Å². The Hall–Kier alpha value is -0.840. The summed E-state index contributed by atoms with van der Waals surface area (Å²) in [5.41, 5.74) is 0.424. The predicted octanol–water partition coefficient (Wildman–Crippen LogP) is 2.79. The lowest BCUT2D eigenvalue weighted by Gasteiger charge is -2.52. The first kappa shape index (κ1) is 17.0. The molecule has 3 rings (SSSR count). The number of furan rings is 1. The van der Waals surface area contributed by atoms with E-state index in [9.17, 15) is 0 Å². The number of piperidine rings is 1. The van der Waals surface area contributed by atoms with Gasteiger partial charge in [0.2, 0.25) is 0 Å². The molecule has 2 saturated heterocycles. The van der Waals surface area contributed by atoms with Gasteiger partial charge in [-0.05, 0) is 72.0 Å². The fraction of sp³-hybridized carbons (Fsp3) is 0.789. The van der Waals surface area contributed by atoms with Gasteiger partial charge in [0.25, 0.3) is 0 Å². The quantitative estimate of drug-likeness (QED) is 0.851. The second-order valence-electron chi connectivity index (χ2n) is 7.86. The van der Waals surface area contributed by atoms with Crippen molar-refractivity contribution in [1.82, 2.24) is 14.7 Å². The third-order valence-corrected chi connectivity index (χ3v) is 6.10. The van der Waals surface area contributed by atoms with Gasteiger partial charge in [-0.2, -0.15) is 0 Å². The molecule has 23 heavy (non-hydrogen) atoms. The van der Waals surface area contributed by atoms with E-state index in [1.165, 1.54) is 58.5 Å². The molecule has 1 aromatic rings. The molecule has 2 aliphatic heterocycles. The Morgan fingerprint density at radius 3 is 2.52 bits per heavy atom. The average molecular weight is 319 g/mol. The number of hydrogen-bond donors (Lipinski definition) is 0. The highest BCUT2D eigenvalue weighted by Gasteiger charge is 2.41. The van der Waals surface area contributed by atoms with Crippen molar-refractivity contribution in [2.45, 2.75) is 44.6 Å². The van der Waals surface area contributed by atoms with E-state index in [-0.39, 0.29) is 0 Å². The highest BCUT2D eigenvalue weighted by molar-refractivity contribution is 5.09. The van der Waals surface area contributed by atoms with Gasteiger partial charge < -0.3 is 14.2 Å². The molecule has 130 valence electrons. The third-order valence-electron chi connectivity index (χ3n) is 6.10. The lowest BCUT2D eigenvalue weighted by atomic mass is 9.83. The molecule has 0 saturated carbocycles. The molecule has 2 fully saturated rings. The topological polar surface area (TPSA) is 22.9 Å². The van der Waals surface area contributed by atoms with Crippen molar-refractivity contribution in [3.8, 4) is 0 Å². The minimum absolute atomic E-state index is 0.424. The minimum Gasteiger partial charge on any atom is -0.466 e. The molecule has 1 spiro atoms. The van der Waals surface area contributed by atoms with Crippen molar-refractivity contribution >= 4 is 0 Å². The SMILES string of the molecule is Cc1ccc(C(C)CCN2CCC3(CC2)CN(C)CCN3C)o1. The Bertz CT molecular complexity index is 504. The molecule has 4 heteroatoms. The van der Waals surface area contributed by atoms with Crippen LogP contribution in [0.15, 0.2) is 16.5 Å². The number of aryl methyl sites for hydroxylation is 1. The first-order chi connectivity index (χ1) is 11.0. The summed E-state index contributed by atoms with van der Waals surface area (Å²) in [5.74, 6) is 2.68. The number of rotatable bonds is 4. The second-order valence-corrected chi connectivity index (χ2v) is 7.86. The zero-order chi connectivity index (χ0) is 16.4. The van der Waals surface area contributed by atoms with Crippen LogP contribution in [-0.2, 0) is 0 Å². The summed E-state index contributed by atoms with van der Waals surface area (Å²) in [5, 5.41) is 0. The normalized spacial score (nSPS) is 25.0. The van der Waals surface area contributed by atoms with Crippen LogP contribution in [0.5, 0.6) is 0 Å². The summed E-state index contributed by atoms with van der Waals surface area (Å²) in [4.78, 5) is 7.79. The summed E-state index contributed by atoms with van der Waals surface area (Å²) >= 11 is 0. The largest absolute Gasteiger partial charge is 0.466 e. The summed E-state index contributed by atoms with van der Waals surface area (Å²) in [6.07, 6.45) is 3.81. The van der Waals surface area contributed by atoms with Crippen LogP contribution in [0.4, 0.5) is 0 Å². The van der Waals surface area contributed by atoms with Gasteiger partial charge in [0.05, 0.1) is 0 Å². The Kier molecular flexibility index (Phi) is 5.14. The van der Waals surface area contributed by atoms with Crippen molar-refractivity contribution in [3.63, 3.8) is 0 Å². The van der Waals surface area contributed by atoms with Crippen LogP contribution in [0, 0.1) is 6.92 Å². The summed E-state index contributed by atoms with van der Waals surface area (Å²) in [6.45, 7) is 11.6. The molecule has 0 N–H and O–H groups in total. The number of piperazine rings is 1. The summed E-state index contributed by atoms with van der Waals surface area (Å²) in [7, 11) is 4.60.